The van der Waals surface area contributed by atoms with Crippen molar-refractivity contribution in [1.29, 1.82) is 0 Å². The lowest BCUT2D eigenvalue weighted by molar-refractivity contribution is 0.0252. The summed E-state index contributed by atoms with van der Waals surface area (Å²) in [6.45, 7) is 6.77. The van der Waals surface area contributed by atoms with Crippen molar-refractivity contribution >= 4 is 18.2 Å². The van der Waals surface area contributed by atoms with E-state index in [-0.39, 0.29) is 36.9 Å². The first kappa shape index (κ1) is 29.2. The zero-order valence-corrected chi connectivity index (χ0v) is 24.6. The van der Waals surface area contributed by atoms with E-state index in [1.54, 1.807) is 16.8 Å². The Hall–Kier alpha value is -4.34. The molecule has 1 saturated heterocycles. The van der Waals surface area contributed by atoms with Crippen LogP contribution < -0.4 is 0 Å². The number of hydrogen-bond donors (Lipinski definition) is 1. The van der Waals surface area contributed by atoms with Gasteiger partial charge in [-0.1, -0.05) is 48.5 Å². The van der Waals surface area contributed by atoms with Gasteiger partial charge in [0.15, 0.2) is 5.69 Å². The molecule has 10 nitrogen and oxygen atoms in total. The third-order valence-corrected chi connectivity index (χ3v) is 7.89. The van der Waals surface area contributed by atoms with Crippen LogP contribution in [0.2, 0.25) is 0 Å². The third-order valence-electron chi connectivity index (χ3n) is 7.89. The lowest BCUT2D eigenvalue weighted by Crippen LogP contribution is -2.42. The molecule has 0 radical (unpaired) electrons. The van der Waals surface area contributed by atoms with Crippen LogP contribution in [0.3, 0.4) is 0 Å². The van der Waals surface area contributed by atoms with Gasteiger partial charge in [0.2, 0.25) is 0 Å². The van der Waals surface area contributed by atoms with E-state index in [2.05, 4.69) is 29.4 Å². The average molecular weight is 575 g/mol. The highest BCUT2D eigenvalue weighted by Crippen LogP contribution is 2.44. The van der Waals surface area contributed by atoms with Gasteiger partial charge in [-0.2, -0.15) is 5.10 Å². The molecule has 5 rings (SSSR count). The molecule has 1 N–H and O–H groups in total. The Balaban J connectivity index is 1.36. The van der Waals surface area contributed by atoms with Gasteiger partial charge in [-0.15, -0.1) is 0 Å². The van der Waals surface area contributed by atoms with Crippen LogP contribution in [0.4, 0.5) is 9.59 Å². The summed E-state index contributed by atoms with van der Waals surface area (Å²) in [7, 11) is 1.66. The number of carbonyl (C=O) groups is 3. The summed E-state index contributed by atoms with van der Waals surface area (Å²) in [4.78, 5) is 41.5. The number of benzene rings is 2. The first-order valence-corrected chi connectivity index (χ1v) is 14.4. The smallest absolute Gasteiger partial charge is 0.410 e. The molecular weight excluding hydrogens is 536 g/mol. The SMILES string of the molecule is Cn1nc(C(=O)O)cc1CN(C(=O)OCC1c2ccccc2-c2ccccc21)C1CCCN(C(=O)OC(C)(C)C)CC1. The quantitative estimate of drug-likeness (QED) is 0.404. The Morgan fingerprint density at radius 2 is 1.64 bits per heavy atom. The van der Waals surface area contributed by atoms with Crippen molar-refractivity contribution in [2.45, 2.75) is 64.1 Å². The number of amides is 2. The Labute approximate surface area is 245 Å². The molecule has 1 aromatic heterocycles. The number of ether oxygens (including phenoxy) is 2. The van der Waals surface area contributed by atoms with Gasteiger partial charge in [-0.25, -0.2) is 14.4 Å². The Kier molecular flexibility index (Phi) is 8.24. The Bertz CT molecular complexity index is 1430. The van der Waals surface area contributed by atoms with E-state index in [0.717, 1.165) is 22.3 Å². The van der Waals surface area contributed by atoms with E-state index in [1.807, 2.05) is 45.0 Å². The monoisotopic (exact) mass is 574 g/mol. The molecule has 0 bridgehead atoms. The van der Waals surface area contributed by atoms with E-state index in [9.17, 15) is 19.5 Å². The molecule has 0 saturated carbocycles. The lowest BCUT2D eigenvalue weighted by Gasteiger charge is -2.31. The molecule has 1 atom stereocenters. The van der Waals surface area contributed by atoms with E-state index < -0.39 is 17.7 Å². The second-order valence-corrected chi connectivity index (χ2v) is 11.9. The summed E-state index contributed by atoms with van der Waals surface area (Å²) in [5, 5.41) is 13.5. The van der Waals surface area contributed by atoms with Crippen LogP contribution in [0.15, 0.2) is 54.6 Å². The normalized spacial score (nSPS) is 16.8. The summed E-state index contributed by atoms with van der Waals surface area (Å²) in [6, 6.07) is 17.6. The fourth-order valence-corrected chi connectivity index (χ4v) is 5.85. The minimum Gasteiger partial charge on any atom is -0.476 e. The van der Waals surface area contributed by atoms with Crippen molar-refractivity contribution in [3.8, 4) is 11.1 Å². The highest BCUT2D eigenvalue weighted by molar-refractivity contribution is 5.85. The molecule has 42 heavy (non-hydrogen) atoms. The Morgan fingerprint density at radius 1 is 1.00 bits per heavy atom. The molecule has 3 aromatic rings. The van der Waals surface area contributed by atoms with Gasteiger partial charge in [0.05, 0.1) is 12.2 Å². The summed E-state index contributed by atoms with van der Waals surface area (Å²) < 4.78 is 13.1. The van der Waals surface area contributed by atoms with Crippen LogP contribution >= 0.6 is 0 Å². The number of aromatic carboxylic acids is 1. The van der Waals surface area contributed by atoms with Gasteiger partial charge in [-0.3, -0.25) is 9.58 Å². The summed E-state index contributed by atoms with van der Waals surface area (Å²) in [5.41, 5.74) is 4.43. The molecule has 1 aliphatic heterocycles. The van der Waals surface area contributed by atoms with E-state index in [0.29, 0.717) is 38.0 Å². The van der Waals surface area contributed by atoms with Crippen LogP contribution in [0, 0.1) is 0 Å². The first-order chi connectivity index (χ1) is 20.0. The highest BCUT2D eigenvalue weighted by atomic mass is 16.6. The van der Waals surface area contributed by atoms with Gasteiger partial charge in [-0.05, 0) is 68.4 Å². The van der Waals surface area contributed by atoms with Crippen LogP contribution in [0.5, 0.6) is 0 Å². The van der Waals surface area contributed by atoms with Crippen molar-refractivity contribution in [2.24, 2.45) is 7.05 Å². The maximum atomic E-state index is 13.8. The predicted octanol–water partition coefficient (Wildman–Crippen LogP) is 5.66. The Morgan fingerprint density at radius 3 is 2.24 bits per heavy atom. The van der Waals surface area contributed by atoms with Crippen molar-refractivity contribution in [3.05, 3.63) is 77.1 Å². The zero-order chi connectivity index (χ0) is 30.0. The van der Waals surface area contributed by atoms with Crippen LogP contribution in [0.1, 0.15) is 73.3 Å². The minimum atomic E-state index is -1.13. The van der Waals surface area contributed by atoms with Crippen molar-refractivity contribution in [2.75, 3.05) is 19.7 Å². The topological polar surface area (TPSA) is 114 Å². The minimum absolute atomic E-state index is 0.0862. The van der Waals surface area contributed by atoms with Crippen LogP contribution in [0.25, 0.3) is 11.1 Å². The van der Waals surface area contributed by atoms with Gasteiger partial charge < -0.3 is 19.5 Å². The molecule has 2 aromatic carbocycles. The molecular formula is C32H38N4O6. The number of rotatable bonds is 6. The molecule has 10 heteroatoms. The molecule has 0 spiro atoms. The number of hydrogen-bond acceptors (Lipinski definition) is 6. The number of carboxylic acids is 1. The average Bonchev–Trinajstić information content (AvgIpc) is 3.35. The number of aryl methyl sites for hydroxylation is 1. The molecule has 222 valence electrons. The molecule has 2 amide bonds. The largest absolute Gasteiger partial charge is 0.476 e. The molecule has 2 aliphatic rings. The molecule has 1 unspecified atom stereocenters. The van der Waals surface area contributed by atoms with Crippen LogP contribution in [-0.2, 0) is 23.1 Å². The molecule has 2 heterocycles. The fraction of sp³-hybridized carbons (Fsp3) is 0.438. The standard InChI is InChI=1S/C32H38N4O6/c1-32(2,3)42-30(39)35-16-9-10-21(15-17-35)36(19-22-18-28(29(37)38)33-34(22)4)31(40)41-20-27-25-13-7-5-11-23(25)24-12-6-8-14-26(24)27/h5-8,11-14,18,21,27H,9-10,15-17,19-20H2,1-4H3,(H,37,38). The van der Waals surface area contributed by atoms with Crippen molar-refractivity contribution < 1.29 is 29.0 Å². The predicted molar refractivity (Wildman–Crippen MR) is 156 cm³/mol. The lowest BCUT2D eigenvalue weighted by atomic mass is 9.98. The number of fused-ring (bicyclic) bond motifs is 3. The first-order valence-electron chi connectivity index (χ1n) is 14.4. The maximum Gasteiger partial charge on any atom is 0.410 e. The zero-order valence-electron chi connectivity index (χ0n) is 24.6. The van der Waals surface area contributed by atoms with Crippen LogP contribution in [-0.4, -0.2) is 74.2 Å². The van der Waals surface area contributed by atoms with Gasteiger partial charge >= 0.3 is 18.2 Å². The van der Waals surface area contributed by atoms with E-state index >= 15 is 0 Å². The number of likely N-dealkylation sites (tertiary alicyclic amines) is 1. The number of carboxylic acid groups (broad SMARTS) is 1. The van der Waals surface area contributed by atoms with Crippen molar-refractivity contribution in [1.82, 2.24) is 19.6 Å². The molecule has 1 fully saturated rings. The number of aromatic nitrogens is 2. The summed E-state index contributed by atoms with van der Waals surface area (Å²) in [6.07, 6.45) is 1.03. The summed E-state index contributed by atoms with van der Waals surface area (Å²) >= 11 is 0. The number of nitrogens with zero attached hydrogens (tertiary/aromatic N) is 4. The second-order valence-electron chi connectivity index (χ2n) is 11.9. The van der Waals surface area contributed by atoms with E-state index in [4.69, 9.17) is 9.47 Å². The van der Waals surface area contributed by atoms with Gasteiger partial charge in [0, 0.05) is 32.1 Å². The molecule has 1 aliphatic carbocycles. The van der Waals surface area contributed by atoms with Gasteiger partial charge in [0.1, 0.15) is 12.2 Å². The summed E-state index contributed by atoms with van der Waals surface area (Å²) in [5.74, 6) is -1.22. The number of carbonyl (C=O) groups excluding carboxylic acids is 2. The highest BCUT2D eigenvalue weighted by Gasteiger charge is 2.34. The van der Waals surface area contributed by atoms with Gasteiger partial charge in [0.25, 0.3) is 0 Å². The second kappa shape index (κ2) is 11.9. The fourth-order valence-electron chi connectivity index (χ4n) is 5.85. The van der Waals surface area contributed by atoms with Crippen molar-refractivity contribution in [3.63, 3.8) is 0 Å². The third kappa shape index (κ3) is 6.27. The maximum absolute atomic E-state index is 13.8. The van der Waals surface area contributed by atoms with E-state index in [1.165, 1.54) is 10.7 Å².